The third-order valence-corrected chi connectivity index (χ3v) is 8.17. The maximum Gasteiger partial charge on any atom is 0.162 e. The van der Waals surface area contributed by atoms with Crippen LogP contribution < -0.4 is 15.5 Å². The number of Topliss-reactive ketones (excluding diaryl/α,β-unsaturated/α-hetero) is 1. The number of aromatic nitrogens is 1. The van der Waals surface area contributed by atoms with Crippen molar-refractivity contribution >= 4 is 23.1 Å². The first-order valence-corrected chi connectivity index (χ1v) is 15.3. The molecule has 0 bridgehead atoms. The Labute approximate surface area is 236 Å². The number of ketones is 1. The number of anilines is 2. The number of hydrogen-bond acceptors (Lipinski definition) is 6. The molecule has 1 aromatic rings. The van der Waals surface area contributed by atoms with Crippen LogP contribution in [0.25, 0.3) is 0 Å². The van der Waals surface area contributed by atoms with Gasteiger partial charge in [-0.25, -0.2) is 9.98 Å². The van der Waals surface area contributed by atoms with Gasteiger partial charge in [-0.1, -0.05) is 32.8 Å². The topological polar surface area (TPSA) is 89.8 Å². The van der Waals surface area contributed by atoms with Crippen LogP contribution in [0.4, 0.5) is 11.5 Å². The highest BCUT2D eigenvalue weighted by atomic mass is 16.3. The number of pyridine rings is 1. The maximum absolute atomic E-state index is 13.2. The molecular weight excluding hydrogens is 486 g/mol. The maximum atomic E-state index is 13.2. The number of aliphatic imine (C=N–C) groups is 1. The number of nitrogens with zero attached hydrogens (tertiary/aromatic N) is 3. The molecule has 1 saturated heterocycles. The quantitative estimate of drug-likeness (QED) is 0.153. The van der Waals surface area contributed by atoms with Gasteiger partial charge < -0.3 is 20.6 Å². The molecule has 2 aliphatic rings. The van der Waals surface area contributed by atoms with Crippen LogP contribution in [0.2, 0.25) is 0 Å². The van der Waals surface area contributed by atoms with Crippen molar-refractivity contribution in [2.24, 2.45) is 4.99 Å². The van der Waals surface area contributed by atoms with E-state index in [0.717, 1.165) is 81.8 Å². The molecule has 0 unspecified atom stereocenters. The Morgan fingerprint density at radius 3 is 2.36 bits per heavy atom. The Balaban J connectivity index is 1.97. The molecule has 2 fully saturated rings. The van der Waals surface area contributed by atoms with Crippen LogP contribution in [0.5, 0.6) is 0 Å². The first-order chi connectivity index (χ1) is 18.9. The average Bonchev–Trinajstić information content (AvgIpc) is 2.97. The monoisotopic (exact) mass is 537 g/mol. The SMILES string of the molecule is CCCCC(=O)/C(C)=C(/N=C(N[C@H]1CC[C@H](O)CC1)\C(CC)=C(/C)CC)Nc1ccc(N2CCCCC2)nc1. The third kappa shape index (κ3) is 9.20. The van der Waals surface area contributed by atoms with Crippen molar-refractivity contribution < 1.29 is 9.90 Å². The molecule has 3 rings (SSSR count). The third-order valence-electron chi connectivity index (χ3n) is 8.17. The minimum absolute atomic E-state index is 0.121. The minimum Gasteiger partial charge on any atom is -0.393 e. The zero-order valence-electron chi connectivity index (χ0n) is 25.0. The van der Waals surface area contributed by atoms with Crippen LogP contribution in [0, 0.1) is 0 Å². The second kappa shape index (κ2) is 15.8. The average molecular weight is 538 g/mol. The molecular formula is C32H51N5O2. The lowest BCUT2D eigenvalue weighted by Gasteiger charge is -2.29. The molecule has 0 atom stereocenters. The fourth-order valence-electron chi connectivity index (χ4n) is 5.37. The van der Waals surface area contributed by atoms with Gasteiger partial charge in [0.05, 0.1) is 18.0 Å². The predicted octanol–water partition coefficient (Wildman–Crippen LogP) is 6.90. The molecule has 39 heavy (non-hydrogen) atoms. The molecule has 216 valence electrons. The van der Waals surface area contributed by atoms with Crippen LogP contribution in [0.15, 0.2) is 45.9 Å². The lowest BCUT2D eigenvalue weighted by molar-refractivity contribution is -0.115. The van der Waals surface area contributed by atoms with Gasteiger partial charge >= 0.3 is 0 Å². The van der Waals surface area contributed by atoms with Crippen LogP contribution >= 0.6 is 0 Å². The number of aliphatic hydroxyl groups excluding tert-OH is 1. The van der Waals surface area contributed by atoms with Gasteiger partial charge in [-0.15, -0.1) is 0 Å². The van der Waals surface area contributed by atoms with E-state index in [1.54, 1.807) is 0 Å². The zero-order valence-corrected chi connectivity index (χ0v) is 25.0. The number of piperidine rings is 1. The summed E-state index contributed by atoms with van der Waals surface area (Å²) in [6.45, 7) is 12.6. The number of nitrogens with one attached hydrogen (secondary N) is 2. The molecule has 1 aliphatic carbocycles. The standard InChI is InChI=1S/C32H51N5O2/c1-6-9-13-29(39)24(5)31(35-26-16-19-30(33-22-26)37-20-11-10-12-21-37)36-32(28(8-3)23(4)7-2)34-25-14-17-27(38)18-15-25/h16,19,22,25,27,35,38H,6-15,17-18,20-21H2,1-5H3,(H,34,36)/b28-23+,31-24+/t25-,27-. The smallest absolute Gasteiger partial charge is 0.162 e. The van der Waals surface area contributed by atoms with Crippen molar-refractivity contribution in [1.82, 2.24) is 10.3 Å². The van der Waals surface area contributed by atoms with Crippen LogP contribution in [-0.4, -0.2) is 46.9 Å². The lowest BCUT2D eigenvalue weighted by Crippen LogP contribution is -2.40. The van der Waals surface area contributed by atoms with Crippen molar-refractivity contribution in [3.8, 4) is 0 Å². The molecule has 2 heterocycles. The van der Waals surface area contributed by atoms with Gasteiger partial charge in [-0.05, 0) is 95.8 Å². The van der Waals surface area contributed by atoms with Crippen molar-refractivity contribution in [3.05, 3.63) is 40.9 Å². The van der Waals surface area contributed by atoms with Crippen molar-refractivity contribution in [2.75, 3.05) is 23.3 Å². The second-order valence-corrected chi connectivity index (χ2v) is 11.2. The highest BCUT2D eigenvalue weighted by molar-refractivity contribution is 6.01. The van der Waals surface area contributed by atoms with Crippen LogP contribution in [0.3, 0.4) is 0 Å². The molecule has 0 spiro atoms. The lowest BCUT2D eigenvalue weighted by atomic mass is 9.92. The Morgan fingerprint density at radius 2 is 1.77 bits per heavy atom. The van der Waals surface area contributed by atoms with Gasteiger partial charge in [0.25, 0.3) is 0 Å². The van der Waals surface area contributed by atoms with Gasteiger partial charge in [-0.2, -0.15) is 0 Å². The number of amidine groups is 1. The summed E-state index contributed by atoms with van der Waals surface area (Å²) in [6.07, 6.45) is 12.9. The number of allylic oxidation sites excluding steroid dienone is 2. The van der Waals surface area contributed by atoms with Crippen molar-refractivity contribution in [1.29, 1.82) is 0 Å². The summed E-state index contributed by atoms with van der Waals surface area (Å²) in [4.78, 5) is 25.4. The Morgan fingerprint density at radius 1 is 1.05 bits per heavy atom. The van der Waals surface area contributed by atoms with Gasteiger partial charge in [0.2, 0.25) is 0 Å². The predicted molar refractivity (Wildman–Crippen MR) is 163 cm³/mol. The molecule has 3 N–H and O–H groups in total. The summed E-state index contributed by atoms with van der Waals surface area (Å²) in [7, 11) is 0. The van der Waals surface area contributed by atoms with Gasteiger partial charge in [-0.3, -0.25) is 4.79 Å². The van der Waals surface area contributed by atoms with Gasteiger partial charge in [0.15, 0.2) is 5.78 Å². The van der Waals surface area contributed by atoms with Gasteiger partial charge in [0.1, 0.15) is 17.5 Å². The Kier molecular flexibility index (Phi) is 12.5. The van der Waals surface area contributed by atoms with E-state index in [4.69, 9.17) is 9.98 Å². The first-order valence-electron chi connectivity index (χ1n) is 15.3. The van der Waals surface area contributed by atoms with E-state index in [1.807, 2.05) is 19.2 Å². The zero-order chi connectivity index (χ0) is 28.2. The van der Waals surface area contributed by atoms with Crippen LogP contribution in [0.1, 0.15) is 112 Å². The number of unbranched alkanes of at least 4 members (excludes halogenated alkanes) is 1. The number of carbonyl (C=O) groups is 1. The normalized spacial score (nSPS) is 21.7. The van der Waals surface area contributed by atoms with E-state index in [0.29, 0.717) is 17.8 Å². The fourth-order valence-corrected chi connectivity index (χ4v) is 5.37. The van der Waals surface area contributed by atoms with Crippen molar-refractivity contribution in [2.45, 2.75) is 124 Å². The second-order valence-electron chi connectivity index (χ2n) is 11.2. The largest absolute Gasteiger partial charge is 0.393 e. The summed E-state index contributed by atoms with van der Waals surface area (Å²) >= 11 is 0. The molecule has 0 amide bonds. The fraction of sp³-hybridized carbons (Fsp3) is 0.656. The molecule has 1 saturated carbocycles. The molecule has 0 aromatic carbocycles. The summed E-state index contributed by atoms with van der Waals surface area (Å²) < 4.78 is 0. The highest BCUT2D eigenvalue weighted by Crippen LogP contribution is 2.24. The molecule has 7 heteroatoms. The first kappa shape index (κ1) is 30.9. The Bertz CT molecular complexity index is 1010. The number of aliphatic hydroxyl groups is 1. The van der Waals surface area contributed by atoms with E-state index in [9.17, 15) is 9.90 Å². The number of carbonyl (C=O) groups excluding carboxylic acids is 1. The number of hydrogen-bond donors (Lipinski definition) is 3. The summed E-state index contributed by atoms with van der Waals surface area (Å²) in [6, 6.07) is 4.36. The van der Waals surface area contributed by atoms with Gasteiger partial charge in [0, 0.05) is 31.1 Å². The van der Waals surface area contributed by atoms with E-state index < -0.39 is 0 Å². The van der Waals surface area contributed by atoms with E-state index in [-0.39, 0.29) is 17.9 Å². The molecule has 7 nitrogen and oxygen atoms in total. The van der Waals surface area contributed by atoms with Crippen LogP contribution in [-0.2, 0) is 4.79 Å². The summed E-state index contributed by atoms with van der Waals surface area (Å²) in [5.74, 6) is 2.54. The highest BCUT2D eigenvalue weighted by Gasteiger charge is 2.23. The number of rotatable bonds is 12. The summed E-state index contributed by atoms with van der Waals surface area (Å²) in [5, 5.41) is 17.2. The minimum atomic E-state index is -0.210. The van der Waals surface area contributed by atoms with E-state index >= 15 is 0 Å². The molecule has 1 aromatic heterocycles. The van der Waals surface area contributed by atoms with E-state index in [2.05, 4.69) is 49.3 Å². The van der Waals surface area contributed by atoms with E-state index in [1.165, 1.54) is 30.4 Å². The molecule has 0 radical (unpaired) electrons. The molecule has 1 aliphatic heterocycles. The van der Waals surface area contributed by atoms with Crippen molar-refractivity contribution in [3.63, 3.8) is 0 Å². The summed E-state index contributed by atoms with van der Waals surface area (Å²) in [5.41, 5.74) is 3.95. The Hall–Kier alpha value is -2.67.